The molecule has 0 aliphatic rings. The molecule has 0 bridgehead atoms. The maximum absolute atomic E-state index is 13.1. The zero-order chi connectivity index (χ0) is 20.3. The van der Waals surface area contributed by atoms with Crippen LogP contribution >= 0.6 is 11.6 Å². The lowest BCUT2D eigenvalue weighted by atomic mass is 10.3. The van der Waals surface area contributed by atoms with Gasteiger partial charge in [-0.25, -0.2) is 9.07 Å². The van der Waals surface area contributed by atoms with E-state index in [1.165, 1.54) is 41.1 Å². The lowest BCUT2D eigenvalue weighted by molar-refractivity contribution is -0.384. The van der Waals surface area contributed by atoms with Gasteiger partial charge in [-0.1, -0.05) is 11.6 Å². The molecule has 0 atom stereocenters. The standard InChI is InChI=1S/C18H14ClFN4O4/c1-11-8-17(23(22-11)13-4-2-12(20)3-5-13)21-18(25)10-28-16-7-6-14(24(26)27)9-15(16)19/h2-9H,10H2,1H3,(H,21,25). The summed E-state index contributed by atoms with van der Waals surface area (Å²) in [6.45, 7) is 1.38. The van der Waals surface area contributed by atoms with E-state index in [4.69, 9.17) is 16.3 Å². The molecule has 10 heteroatoms. The van der Waals surface area contributed by atoms with Gasteiger partial charge in [0.15, 0.2) is 6.61 Å². The first-order valence-corrected chi connectivity index (χ1v) is 8.40. The van der Waals surface area contributed by atoms with E-state index in [2.05, 4.69) is 10.4 Å². The fraction of sp³-hybridized carbons (Fsp3) is 0.111. The third-order valence-electron chi connectivity index (χ3n) is 3.66. The highest BCUT2D eigenvalue weighted by Crippen LogP contribution is 2.28. The van der Waals surface area contributed by atoms with Crippen LogP contribution in [0.2, 0.25) is 5.02 Å². The van der Waals surface area contributed by atoms with Crippen molar-refractivity contribution in [2.24, 2.45) is 0 Å². The normalized spacial score (nSPS) is 10.5. The number of rotatable bonds is 6. The number of ether oxygens (including phenoxy) is 1. The smallest absolute Gasteiger partial charge is 0.271 e. The van der Waals surface area contributed by atoms with Crippen LogP contribution in [-0.4, -0.2) is 27.2 Å². The first kappa shape index (κ1) is 19.3. The Bertz CT molecular complexity index is 1040. The molecule has 3 aromatic rings. The van der Waals surface area contributed by atoms with Crippen LogP contribution in [0.4, 0.5) is 15.9 Å². The molecule has 1 heterocycles. The SMILES string of the molecule is Cc1cc(NC(=O)COc2ccc([N+](=O)[O-])cc2Cl)n(-c2ccc(F)cc2)n1. The predicted molar refractivity (Wildman–Crippen MR) is 100 cm³/mol. The molecule has 0 spiro atoms. The summed E-state index contributed by atoms with van der Waals surface area (Å²) in [7, 11) is 0. The van der Waals surface area contributed by atoms with Crippen LogP contribution in [0.5, 0.6) is 5.75 Å². The number of aryl methyl sites for hydroxylation is 1. The molecule has 0 unspecified atom stereocenters. The number of benzene rings is 2. The minimum atomic E-state index is -0.582. The number of halogens is 2. The number of carbonyl (C=O) groups is 1. The van der Waals surface area contributed by atoms with E-state index >= 15 is 0 Å². The Morgan fingerprint density at radius 3 is 2.64 bits per heavy atom. The highest BCUT2D eigenvalue weighted by atomic mass is 35.5. The van der Waals surface area contributed by atoms with E-state index in [0.29, 0.717) is 17.2 Å². The second kappa shape index (κ2) is 8.05. The quantitative estimate of drug-likeness (QED) is 0.496. The Morgan fingerprint density at radius 1 is 1.29 bits per heavy atom. The predicted octanol–water partition coefficient (Wildman–Crippen LogP) is 3.90. The highest BCUT2D eigenvalue weighted by molar-refractivity contribution is 6.32. The molecular formula is C18H14ClFN4O4. The van der Waals surface area contributed by atoms with Crippen LogP contribution in [0.25, 0.3) is 5.69 Å². The number of non-ortho nitro benzene ring substituents is 1. The minimum absolute atomic E-state index is 0.0224. The van der Waals surface area contributed by atoms with Gasteiger partial charge in [0.25, 0.3) is 11.6 Å². The molecule has 1 amide bonds. The van der Waals surface area contributed by atoms with E-state index in [1.54, 1.807) is 13.0 Å². The molecule has 3 rings (SSSR count). The Kier molecular flexibility index (Phi) is 5.55. The summed E-state index contributed by atoms with van der Waals surface area (Å²) in [6, 6.07) is 11.0. The van der Waals surface area contributed by atoms with Crippen molar-refractivity contribution in [1.82, 2.24) is 9.78 Å². The van der Waals surface area contributed by atoms with Crippen molar-refractivity contribution in [3.63, 3.8) is 0 Å². The van der Waals surface area contributed by atoms with Gasteiger partial charge >= 0.3 is 0 Å². The number of aromatic nitrogens is 2. The van der Waals surface area contributed by atoms with E-state index < -0.39 is 10.8 Å². The summed E-state index contributed by atoms with van der Waals surface area (Å²) in [4.78, 5) is 22.4. The van der Waals surface area contributed by atoms with Gasteiger partial charge in [-0.3, -0.25) is 14.9 Å². The van der Waals surface area contributed by atoms with Crippen molar-refractivity contribution in [2.45, 2.75) is 6.92 Å². The number of nitro benzene ring substituents is 1. The molecular weight excluding hydrogens is 391 g/mol. The molecule has 28 heavy (non-hydrogen) atoms. The van der Waals surface area contributed by atoms with Crippen LogP contribution in [-0.2, 0) is 4.79 Å². The summed E-state index contributed by atoms with van der Waals surface area (Å²) in [6.07, 6.45) is 0. The highest BCUT2D eigenvalue weighted by Gasteiger charge is 2.14. The summed E-state index contributed by atoms with van der Waals surface area (Å²) in [5.74, 6) is -0.345. The number of nitrogens with zero attached hydrogens (tertiary/aromatic N) is 3. The molecule has 144 valence electrons. The van der Waals surface area contributed by atoms with E-state index in [0.717, 1.165) is 6.07 Å². The lowest BCUT2D eigenvalue weighted by Crippen LogP contribution is -2.22. The van der Waals surface area contributed by atoms with Gasteiger partial charge < -0.3 is 10.1 Å². The second-order valence-electron chi connectivity index (χ2n) is 5.77. The minimum Gasteiger partial charge on any atom is -0.482 e. The van der Waals surface area contributed by atoms with Gasteiger partial charge in [-0.2, -0.15) is 5.10 Å². The number of anilines is 1. The van der Waals surface area contributed by atoms with Gasteiger partial charge in [0.05, 0.1) is 21.3 Å². The van der Waals surface area contributed by atoms with Crippen LogP contribution in [0.1, 0.15) is 5.69 Å². The maximum atomic E-state index is 13.1. The van der Waals surface area contributed by atoms with Crippen LogP contribution in [0, 0.1) is 22.9 Å². The Morgan fingerprint density at radius 2 is 2.00 bits per heavy atom. The number of nitrogens with one attached hydrogen (secondary N) is 1. The van der Waals surface area contributed by atoms with Crippen molar-refractivity contribution >= 4 is 29.0 Å². The van der Waals surface area contributed by atoms with E-state index in [1.807, 2.05) is 0 Å². The monoisotopic (exact) mass is 404 g/mol. The van der Waals surface area contributed by atoms with Gasteiger partial charge in [-0.15, -0.1) is 0 Å². The molecule has 8 nitrogen and oxygen atoms in total. The molecule has 0 radical (unpaired) electrons. The molecule has 2 aromatic carbocycles. The van der Waals surface area contributed by atoms with Crippen molar-refractivity contribution < 1.29 is 18.8 Å². The molecule has 0 saturated heterocycles. The van der Waals surface area contributed by atoms with Gasteiger partial charge in [0.2, 0.25) is 0 Å². The molecule has 0 fully saturated rings. The number of carbonyl (C=O) groups excluding carboxylic acids is 1. The number of hydrogen-bond donors (Lipinski definition) is 1. The summed E-state index contributed by atoms with van der Waals surface area (Å²) < 4.78 is 19.9. The van der Waals surface area contributed by atoms with E-state index in [-0.39, 0.29) is 28.9 Å². The first-order chi connectivity index (χ1) is 13.3. The Balaban J connectivity index is 1.69. The van der Waals surface area contributed by atoms with Crippen LogP contribution in [0.3, 0.4) is 0 Å². The average molecular weight is 405 g/mol. The summed E-state index contributed by atoms with van der Waals surface area (Å²) in [5, 5.41) is 17.7. The molecule has 1 N–H and O–H groups in total. The van der Waals surface area contributed by atoms with Crippen LogP contribution in [0.15, 0.2) is 48.5 Å². The van der Waals surface area contributed by atoms with Gasteiger partial charge in [-0.05, 0) is 37.3 Å². The van der Waals surface area contributed by atoms with E-state index in [9.17, 15) is 19.3 Å². The zero-order valence-corrected chi connectivity index (χ0v) is 15.3. The number of nitro groups is 1. The molecule has 1 aromatic heterocycles. The number of hydrogen-bond acceptors (Lipinski definition) is 5. The largest absolute Gasteiger partial charge is 0.482 e. The summed E-state index contributed by atoms with van der Waals surface area (Å²) >= 11 is 5.93. The fourth-order valence-corrected chi connectivity index (χ4v) is 2.64. The topological polar surface area (TPSA) is 99.3 Å². The lowest BCUT2D eigenvalue weighted by Gasteiger charge is -2.10. The zero-order valence-electron chi connectivity index (χ0n) is 14.6. The van der Waals surface area contributed by atoms with Crippen molar-refractivity contribution in [3.8, 4) is 11.4 Å². The number of amides is 1. The van der Waals surface area contributed by atoms with Crippen molar-refractivity contribution in [2.75, 3.05) is 11.9 Å². The Labute approximate surface area is 163 Å². The van der Waals surface area contributed by atoms with Gasteiger partial charge in [0.1, 0.15) is 17.4 Å². The maximum Gasteiger partial charge on any atom is 0.271 e. The fourth-order valence-electron chi connectivity index (χ4n) is 2.41. The third-order valence-corrected chi connectivity index (χ3v) is 3.95. The first-order valence-electron chi connectivity index (χ1n) is 8.02. The van der Waals surface area contributed by atoms with Gasteiger partial charge in [0, 0.05) is 18.2 Å². The van der Waals surface area contributed by atoms with Crippen molar-refractivity contribution in [3.05, 3.63) is 75.2 Å². The molecule has 0 aliphatic heterocycles. The van der Waals surface area contributed by atoms with Crippen LogP contribution < -0.4 is 10.1 Å². The Hall–Kier alpha value is -3.46. The summed E-state index contributed by atoms with van der Waals surface area (Å²) in [5.41, 5.74) is 1.04. The molecule has 0 saturated carbocycles. The molecule has 0 aliphatic carbocycles. The third kappa shape index (κ3) is 4.44. The average Bonchev–Trinajstić information content (AvgIpc) is 3.01. The van der Waals surface area contributed by atoms with Crippen molar-refractivity contribution in [1.29, 1.82) is 0 Å². The second-order valence-corrected chi connectivity index (χ2v) is 6.18.